The van der Waals surface area contributed by atoms with Gasteiger partial charge in [-0.15, -0.1) is 0 Å². The number of hydrogen-bond donors (Lipinski definition) is 0. The third kappa shape index (κ3) is 66.7. The summed E-state index contributed by atoms with van der Waals surface area (Å²) in [6, 6.07) is 0. The molecular weight excluding hydrogens is 1020 g/mol. The van der Waals surface area contributed by atoms with Crippen molar-refractivity contribution >= 4 is 17.9 Å². The highest BCUT2D eigenvalue weighted by Gasteiger charge is 2.19. The van der Waals surface area contributed by atoms with E-state index in [-0.39, 0.29) is 37.5 Å². The van der Waals surface area contributed by atoms with Crippen LogP contribution in [-0.2, 0) is 28.6 Å². The minimum atomic E-state index is -0.827. The van der Waals surface area contributed by atoms with Gasteiger partial charge >= 0.3 is 17.9 Å². The van der Waals surface area contributed by atoms with Crippen LogP contribution in [0.2, 0.25) is 0 Å². The van der Waals surface area contributed by atoms with Crippen molar-refractivity contribution in [2.75, 3.05) is 13.2 Å². The van der Waals surface area contributed by atoms with Crippen LogP contribution < -0.4 is 0 Å². The van der Waals surface area contributed by atoms with Gasteiger partial charge in [0.05, 0.1) is 0 Å². The highest BCUT2D eigenvalue weighted by Crippen LogP contribution is 2.12. The van der Waals surface area contributed by atoms with Gasteiger partial charge < -0.3 is 14.2 Å². The number of unbranched alkanes of at least 4 members (excludes halogenated alkanes) is 11. The highest BCUT2D eigenvalue weighted by molar-refractivity contribution is 5.71. The van der Waals surface area contributed by atoms with Gasteiger partial charge in [0.2, 0.25) is 0 Å². The number of esters is 3. The molecule has 0 aliphatic heterocycles. The van der Waals surface area contributed by atoms with E-state index in [1.54, 1.807) is 0 Å². The summed E-state index contributed by atoms with van der Waals surface area (Å²) in [5.74, 6) is -1.01. The molecule has 0 aromatic rings. The van der Waals surface area contributed by atoms with E-state index in [0.29, 0.717) is 12.8 Å². The van der Waals surface area contributed by atoms with Crippen molar-refractivity contribution in [3.8, 4) is 0 Å². The molecule has 0 fully saturated rings. The van der Waals surface area contributed by atoms with Crippen molar-refractivity contribution < 1.29 is 28.6 Å². The first kappa shape index (κ1) is 77.0. The van der Waals surface area contributed by atoms with Crippen molar-refractivity contribution in [1.29, 1.82) is 0 Å². The summed E-state index contributed by atoms with van der Waals surface area (Å²) in [7, 11) is 0. The van der Waals surface area contributed by atoms with Crippen molar-refractivity contribution in [2.24, 2.45) is 0 Å². The van der Waals surface area contributed by atoms with E-state index in [1.165, 1.54) is 0 Å². The predicted molar refractivity (Wildman–Crippen MR) is 361 cm³/mol. The number of carbonyl (C=O) groups excluding carboxylic acids is 3. The van der Waals surface area contributed by atoms with Gasteiger partial charge in [0.25, 0.3) is 0 Å². The minimum Gasteiger partial charge on any atom is -0.462 e. The lowest BCUT2D eigenvalue weighted by Gasteiger charge is -2.18. The maximum Gasteiger partial charge on any atom is 0.306 e. The summed E-state index contributed by atoms with van der Waals surface area (Å²) in [5.41, 5.74) is 0. The van der Waals surface area contributed by atoms with Gasteiger partial charge in [0.15, 0.2) is 6.10 Å². The van der Waals surface area contributed by atoms with Crippen molar-refractivity contribution in [2.45, 2.75) is 245 Å². The van der Waals surface area contributed by atoms with Crippen LogP contribution in [0.25, 0.3) is 0 Å². The van der Waals surface area contributed by atoms with Gasteiger partial charge in [-0.1, -0.05) is 259 Å². The molecule has 0 amide bonds. The summed E-state index contributed by atoms with van der Waals surface area (Å²) in [6.07, 6.45) is 106. The Labute approximate surface area is 509 Å². The Morgan fingerprint density at radius 1 is 0.241 bits per heavy atom. The highest BCUT2D eigenvalue weighted by atomic mass is 16.6. The molecule has 83 heavy (non-hydrogen) atoms. The fraction of sp³-hybridized carbons (Fsp3) is 0.519. The van der Waals surface area contributed by atoms with Crippen LogP contribution in [0, 0.1) is 0 Å². The first-order valence-electron chi connectivity index (χ1n) is 32.6. The zero-order valence-corrected chi connectivity index (χ0v) is 52.6. The van der Waals surface area contributed by atoms with Crippen LogP contribution in [0.3, 0.4) is 0 Å². The van der Waals surface area contributed by atoms with Crippen LogP contribution >= 0.6 is 0 Å². The van der Waals surface area contributed by atoms with Crippen molar-refractivity contribution in [1.82, 2.24) is 0 Å². The maximum absolute atomic E-state index is 12.9. The Bertz CT molecular complexity index is 2030. The Morgan fingerprint density at radius 3 is 0.675 bits per heavy atom. The molecule has 1 unspecified atom stereocenters. The lowest BCUT2D eigenvalue weighted by molar-refractivity contribution is -0.167. The quantitative estimate of drug-likeness (QED) is 0.0261. The molecule has 460 valence electrons. The van der Waals surface area contributed by atoms with Crippen LogP contribution in [0.1, 0.15) is 239 Å². The molecule has 0 aliphatic carbocycles. The van der Waals surface area contributed by atoms with Crippen molar-refractivity contribution in [3.63, 3.8) is 0 Å². The van der Waals surface area contributed by atoms with E-state index in [0.717, 1.165) is 199 Å². The number of allylic oxidation sites excluding steroid dienone is 34. The average Bonchev–Trinajstić information content (AvgIpc) is 3.49. The fourth-order valence-corrected chi connectivity index (χ4v) is 8.00. The lowest BCUT2D eigenvalue weighted by Crippen LogP contribution is -2.30. The fourth-order valence-electron chi connectivity index (χ4n) is 8.00. The van der Waals surface area contributed by atoms with Crippen LogP contribution in [0.5, 0.6) is 0 Å². The normalized spacial score (nSPS) is 13.5. The molecule has 6 nitrogen and oxygen atoms in total. The minimum absolute atomic E-state index is 0.122. The van der Waals surface area contributed by atoms with Crippen LogP contribution in [0.4, 0.5) is 0 Å². The first-order chi connectivity index (χ1) is 41.0. The predicted octanol–water partition coefficient (Wildman–Crippen LogP) is 22.8. The maximum atomic E-state index is 12.9. The van der Waals surface area contributed by atoms with Crippen molar-refractivity contribution in [3.05, 3.63) is 207 Å². The number of rotatable bonds is 56. The summed E-state index contributed by atoms with van der Waals surface area (Å²) in [5, 5.41) is 0. The van der Waals surface area contributed by atoms with Gasteiger partial charge in [0.1, 0.15) is 13.2 Å². The van der Waals surface area contributed by atoms with E-state index in [2.05, 4.69) is 227 Å². The molecule has 0 bridgehead atoms. The monoisotopic (exact) mass is 1140 g/mol. The SMILES string of the molecule is CC/C=C\C/C=C\C/C=C\C/C=C\C/C=C\C/C=C\C/C=C\C/C=C\C/C=C\C/C=C\CCCCCCC(=O)OCC(COC(=O)CCCCC/C=C\C/C=C\C/C=C\CC)OC(=O)CCCCCC/C=C\C/C=C\C/C=C\C/C=C\CC. The van der Waals surface area contributed by atoms with E-state index < -0.39 is 6.10 Å². The Morgan fingerprint density at radius 2 is 0.434 bits per heavy atom. The smallest absolute Gasteiger partial charge is 0.306 e. The average molecular weight is 1140 g/mol. The Balaban J connectivity index is 4.41. The number of hydrogen-bond acceptors (Lipinski definition) is 6. The molecular formula is C77H116O6. The van der Waals surface area contributed by atoms with Gasteiger partial charge in [-0.2, -0.15) is 0 Å². The third-order valence-electron chi connectivity index (χ3n) is 12.8. The molecule has 0 spiro atoms. The molecule has 0 aromatic heterocycles. The zero-order chi connectivity index (χ0) is 59.9. The summed E-state index contributed by atoms with van der Waals surface area (Å²) < 4.78 is 16.8. The van der Waals surface area contributed by atoms with Gasteiger partial charge in [-0.05, 0) is 167 Å². The molecule has 0 N–H and O–H groups in total. The Kier molecular flexibility index (Phi) is 63.5. The summed E-state index contributed by atoms with van der Waals surface area (Å²) >= 11 is 0. The van der Waals surface area contributed by atoms with E-state index in [9.17, 15) is 14.4 Å². The van der Waals surface area contributed by atoms with Crippen LogP contribution in [0.15, 0.2) is 207 Å². The molecule has 0 aromatic carbocycles. The van der Waals surface area contributed by atoms with E-state index in [1.807, 2.05) is 0 Å². The molecule has 0 aliphatic rings. The first-order valence-corrected chi connectivity index (χ1v) is 32.6. The number of ether oxygens (including phenoxy) is 3. The molecule has 0 radical (unpaired) electrons. The molecule has 6 heteroatoms. The lowest BCUT2D eigenvalue weighted by atomic mass is 10.1. The van der Waals surface area contributed by atoms with E-state index >= 15 is 0 Å². The van der Waals surface area contributed by atoms with Gasteiger partial charge in [-0.25, -0.2) is 0 Å². The second kappa shape index (κ2) is 68.5. The second-order valence-corrected chi connectivity index (χ2v) is 20.5. The van der Waals surface area contributed by atoms with Gasteiger partial charge in [-0.3, -0.25) is 14.4 Å². The second-order valence-electron chi connectivity index (χ2n) is 20.5. The summed E-state index contributed by atoms with van der Waals surface area (Å²) in [4.78, 5) is 38.3. The molecule has 0 heterocycles. The third-order valence-corrected chi connectivity index (χ3v) is 12.8. The topological polar surface area (TPSA) is 78.9 Å². The summed E-state index contributed by atoms with van der Waals surface area (Å²) in [6.45, 7) is 6.21. The standard InChI is InChI=1S/C77H116O6/c1-4-7-10-13-16-19-22-25-27-29-30-31-32-33-34-35-36-37-38-39-40-41-42-43-44-45-46-48-49-52-55-58-61-64-67-70-76(79)82-73-74(72-81-75(78)69-66-63-60-57-54-51-24-21-18-15-12-9-6-3)83-77(80)71-68-65-62-59-56-53-50-47-28-26-23-20-17-14-11-8-5-2/h7-12,16-21,25-28,30-31,33-34,36-37,39-40,42-43,45-46,49-54,74H,4-6,13-15,22-24,29,32,35,38,41,44,47-48,55-73H2,1-3H3/b10-7-,11-8-,12-9-,19-16-,20-17-,21-18-,27-25-,28-26-,31-30-,34-33-,37-36-,40-39-,43-42-,46-45-,52-49-,53-50-,54-51-. The van der Waals surface area contributed by atoms with E-state index in [4.69, 9.17) is 14.2 Å². The molecule has 0 saturated carbocycles. The molecule has 1 atom stereocenters. The zero-order valence-electron chi connectivity index (χ0n) is 52.6. The molecule has 0 rings (SSSR count). The van der Waals surface area contributed by atoms with Gasteiger partial charge in [0, 0.05) is 19.3 Å². The number of carbonyl (C=O) groups is 3. The largest absolute Gasteiger partial charge is 0.462 e. The Hall–Kier alpha value is -6.01. The molecule has 0 saturated heterocycles. The van der Waals surface area contributed by atoms with Crippen LogP contribution in [-0.4, -0.2) is 37.2 Å².